The Hall–Kier alpha value is -4.41. The molecule has 0 aliphatic heterocycles. The van der Waals surface area contributed by atoms with Gasteiger partial charge in [-0.25, -0.2) is 14.8 Å². The summed E-state index contributed by atoms with van der Waals surface area (Å²) in [6.45, 7) is 9.16. The summed E-state index contributed by atoms with van der Waals surface area (Å²) in [5.74, 6) is 0.365. The number of fused-ring (bicyclic) bond motifs is 1. The van der Waals surface area contributed by atoms with E-state index in [0.29, 0.717) is 46.6 Å². The first-order valence-electron chi connectivity index (χ1n) is 13.9. The van der Waals surface area contributed by atoms with Crippen molar-refractivity contribution in [2.24, 2.45) is 5.41 Å². The number of hydrogen-bond acceptors (Lipinski definition) is 7. The molecule has 1 aromatic carbocycles. The van der Waals surface area contributed by atoms with E-state index in [-0.39, 0.29) is 23.5 Å². The maximum Gasteiger partial charge on any atom is 0.320 e. The molecule has 0 aliphatic carbocycles. The number of nitrogens with zero attached hydrogens (tertiary/aromatic N) is 4. The average molecular weight is 583 g/mol. The predicted molar refractivity (Wildman–Crippen MR) is 168 cm³/mol. The van der Waals surface area contributed by atoms with E-state index in [1.165, 1.54) is 11.3 Å². The summed E-state index contributed by atoms with van der Waals surface area (Å²) in [4.78, 5) is 39.8. The zero-order chi connectivity index (χ0) is 29.9. The monoisotopic (exact) mass is 582 g/mol. The Balaban J connectivity index is 1.64. The van der Waals surface area contributed by atoms with Gasteiger partial charge in [-0.2, -0.15) is 0 Å². The fourth-order valence-electron chi connectivity index (χ4n) is 4.61. The number of rotatable bonds is 8. The molecule has 4 heterocycles. The van der Waals surface area contributed by atoms with Crippen LogP contribution in [-0.4, -0.2) is 37.2 Å². The van der Waals surface area contributed by atoms with E-state index >= 15 is 0 Å². The van der Waals surface area contributed by atoms with Crippen molar-refractivity contribution >= 4 is 34.1 Å². The second kappa shape index (κ2) is 12.2. The Morgan fingerprint density at radius 2 is 1.83 bits per heavy atom. The van der Waals surface area contributed by atoms with Crippen LogP contribution in [0.25, 0.3) is 44.0 Å². The lowest BCUT2D eigenvalue weighted by Crippen LogP contribution is -2.28. The van der Waals surface area contributed by atoms with Crippen molar-refractivity contribution in [3.63, 3.8) is 0 Å². The van der Waals surface area contributed by atoms with Gasteiger partial charge in [0.1, 0.15) is 10.8 Å². The third-order valence-corrected chi connectivity index (χ3v) is 7.75. The highest BCUT2D eigenvalue weighted by Gasteiger charge is 2.19. The van der Waals surface area contributed by atoms with Crippen molar-refractivity contribution in [2.75, 3.05) is 11.9 Å². The van der Waals surface area contributed by atoms with Crippen LogP contribution >= 0.6 is 11.3 Å². The van der Waals surface area contributed by atoms with Gasteiger partial charge in [-0.05, 0) is 30.9 Å². The molecule has 216 valence electrons. The van der Waals surface area contributed by atoms with Crippen LogP contribution in [0, 0.1) is 5.41 Å². The lowest BCUT2D eigenvalue weighted by Gasteiger charge is -2.21. The molecule has 0 unspecified atom stereocenters. The smallest absolute Gasteiger partial charge is 0.320 e. The molecule has 0 saturated heterocycles. The Morgan fingerprint density at radius 1 is 1.05 bits per heavy atom. The number of urea groups is 1. The molecule has 0 aliphatic rings. The molecule has 9 nitrogen and oxygen atoms in total. The van der Waals surface area contributed by atoms with Gasteiger partial charge in [-0.3, -0.25) is 15.1 Å². The van der Waals surface area contributed by atoms with Gasteiger partial charge in [0.15, 0.2) is 5.43 Å². The molecule has 0 saturated carbocycles. The number of amides is 2. The van der Waals surface area contributed by atoms with Crippen LogP contribution in [0.2, 0.25) is 0 Å². The van der Waals surface area contributed by atoms with Crippen molar-refractivity contribution in [2.45, 2.75) is 47.3 Å². The molecule has 5 aromatic rings. The summed E-state index contributed by atoms with van der Waals surface area (Å²) in [7, 11) is 0. The van der Waals surface area contributed by atoms with Gasteiger partial charge in [-0.15, -0.1) is 11.3 Å². The van der Waals surface area contributed by atoms with Crippen LogP contribution in [0.1, 0.15) is 39.7 Å². The number of thiazole rings is 1. The number of pyridine rings is 3. The lowest BCUT2D eigenvalue weighted by atomic mass is 9.92. The highest BCUT2D eigenvalue weighted by molar-refractivity contribution is 7.13. The maximum atomic E-state index is 13.4. The molecule has 0 fully saturated rings. The van der Waals surface area contributed by atoms with Gasteiger partial charge in [0.25, 0.3) is 0 Å². The average Bonchev–Trinajstić information content (AvgIpc) is 3.47. The normalized spacial score (nSPS) is 11.5. The third kappa shape index (κ3) is 6.40. The first kappa shape index (κ1) is 29.1. The highest BCUT2D eigenvalue weighted by atomic mass is 32.1. The fraction of sp³-hybridized carbons (Fsp3) is 0.281. The van der Waals surface area contributed by atoms with Gasteiger partial charge < -0.3 is 15.0 Å². The number of aliphatic hydroxyl groups excluding tert-OH is 1. The molecular formula is C32H34N6O3S. The Kier molecular flexibility index (Phi) is 8.46. The van der Waals surface area contributed by atoms with Crippen LogP contribution in [0.15, 0.2) is 71.2 Å². The predicted octanol–water partition coefficient (Wildman–Crippen LogP) is 6.32. The molecule has 0 atom stereocenters. The number of aliphatic hydroxyl groups is 1. The van der Waals surface area contributed by atoms with Gasteiger partial charge in [0.05, 0.1) is 29.7 Å². The zero-order valence-electron chi connectivity index (χ0n) is 24.1. The molecule has 42 heavy (non-hydrogen) atoms. The second-order valence-electron chi connectivity index (χ2n) is 11.2. The van der Waals surface area contributed by atoms with E-state index in [9.17, 15) is 14.7 Å². The standard InChI is InChI=1S/C32H34N6O3S/c1-5-33-31(41)37-28-14-22(30-36-26(19-42-30)20-9-7-6-8-10-20)24(15-35-28)25-13-23-27(16-34-25)38(12-11-32(2,3)4)17-21(18-39)29(23)40/h6-10,13-17,19,39H,5,11-12,18H2,1-4H3,(H2,33,35,37,41). The van der Waals surface area contributed by atoms with Crippen molar-refractivity contribution in [3.05, 3.63) is 82.2 Å². The summed E-state index contributed by atoms with van der Waals surface area (Å²) in [6.07, 6.45) is 5.97. The molecule has 0 bridgehead atoms. The Labute approximate surface area is 248 Å². The summed E-state index contributed by atoms with van der Waals surface area (Å²) < 4.78 is 2.00. The number of aromatic nitrogens is 4. The van der Waals surface area contributed by atoms with Crippen LogP contribution in [-0.2, 0) is 13.2 Å². The topological polar surface area (TPSA) is 122 Å². The Morgan fingerprint density at radius 3 is 2.55 bits per heavy atom. The number of aryl methyl sites for hydroxylation is 1. The van der Waals surface area contributed by atoms with Gasteiger partial charge in [-0.1, -0.05) is 51.1 Å². The number of carbonyl (C=O) groups is 1. The van der Waals surface area contributed by atoms with Gasteiger partial charge >= 0.3 is 6.03 Å². The van der Waals surface area contributed by atoms with Crippen molar-refractivity contribution in [3.8, 4) is 33.1 Å². The van der Waals surface area contributed by atoms with E-state index in [4.69, 9.17) is 9.97 Å². The molecule has 4 aromatic heterocycles. The minimum absolute atomic E-state index is 0.0961. The molecule has 0 radical (unpaired) electrons. The first-order valence-corrected chi connectivity index (χ1v) is 14.7. The SMILES string of the molecule is CCNC(=O)Nc1cc(-c2nc(-c3ccccc3)cs2)c(-c2cc3c(=O)c(CO)cn(CCC(C)(C)C)c3cn2)cn1. The molecule has 5 rings (SSSR count). The summed E-state index contributed by atoms with van der Waals surface area (Å²) >= 11 is 1.47. The van der Waals surface area contributed by atoms with E-state index in [0.717, 1.165) is 28.2 Å². The van der Waals surface area contributed by atoms with Crippen LogP contribution in [0.4, 0.5) is 10.6 Å². The van der Waals surface area contributed by atoms with Crippen molar-refractivity contribution in [1.29, 1.82) is 0 Å². The van der Waals surface area contributed by atoms with Gasteiger partial charge in [0.2, 0.25) is 0 Å². The molecule has 3 N–H and O–H groups in total. The van der Waals surface area contributed by atoms with Crippen molar-refractivity contribution < 1.29 is 9.90 Å². The third-order valence-electron chi connectivity index (χ3n) is 6.88. The minimum Gasteiger partial charge on any atom is -0.391 e. The number of carbonyl (C=O) groups excluding carboxylic acids is 1. The number of nitrogens with one attached hydrogen (secondary N) is 2. The second-order valence-corrected chi connectivity index (χ2v) is 12.1. The largest absolute Gasteiger partial charge is 0.391 e. The van der Waals surface area contributed by atoms with E-state index in [1.807, 2.05) is 47.2 Å². The molecular weight excluding hydrogens is 548 g/mol. The zero-order valence-corrected chi connectivity index (χ0v) is 25.0. The van der Waals surface area contributed by atoms with Crippen LogP contribution in [0.3, 0.4) is 0 Å². The van der Waals surface area contributed by atoms with Crippen molar-refractivity contribution in [1.82, 2.24) is 24.8 Å². The minimum atomic E-state index is -0.357. The molecule has 10 heteroatoms. The molecule has 0 spiro atoms. The summed E-state index contributed by atoms with van der Waals surface area (Å²) in [5, 5.41) is 18.6. The maximum absolute atomic E-state index is 13.4. The summed E-state index contributed by atoms with van der Waals surface area (Å²) in [6, 6.07) is 13.1. The quantitative estimate of drug-likeness (QED) is 0.197. The van der Waals surface area contributed by atoms with Crippen LogP contribution < -0.4 is 16.1 Å². The fourth-order valence-corrected chi connectivity index (χ4v) is 5.47. The van der Waals surface area contributed by atoms with E-state index in [1.54, 1.807) is 30.7 Å². The van der Waals surface area contributed by atoms with Gasteiger partial charge in [0, 0.05) is 58.5 Å². The lowest BCUT2D eigenvalue weighted by molar-refractivity contribution is 0.252. The highest BCUT2D eigenvalue weighted by Crippen LogP contribution is 2.37. The number of hydrogen-bond donors (Lipinski definition) is 3. The van der Waals surface area contributed by atoms with E-state index < -0.39 is 0 Å². The first-order chi connectivity index (χ1) is 20.2. The van der Waals surface area contributed by atoms with Crippen LogP contribution in [0.5, 0.6) is 0 Å². The number of anilines is 1. The molecule has 2 amide bonds. The Bertz CT molecular complexity index is 1790. The summed E-state index contributed by atoms with van der Waals surface area (Å²) in [5.41, 5.74) is 4.66. The number of benzene rings is 1. The van der Waals surface area contributed by atoms with E-state index in [2.05, 4.69) is 36.4 Å².